The van der Waals surface area contributed by atoms with Crippen molar-refractivity contribution in [1.82, 2.24) is 9.97 Å². The van der Waals surface area contributed by atoms with Crippen molar-refractivity contribution in [2.45, 2.75) is 13.0 Å². The summed E-state index contributed by atoms with van der Waals surface area (Å²) in [5.74, 6) is 1.02. The maximum Gasteiger partial charge on any atom is 0.156 e. The van der Waals surface area contributed by atoms with Gasteiger partial charge in [-0.05, 0) is 6.92 Å². The Kier molecular flexibility index (Phi) is 2.58. The van der Waals surface area contributed by atoms with Gasteiger partial charge in [0, 0.05) is 13.1 Å². The standard InChI is InChI=1S/C9H10ClN3O2/c1-5-11-8(10)7(4-14)9(12-5)13-2-6(15)3-13/h4,6,15H,2-3H2,1H3. The Morgan fingerprint density at radius 2 is 2.20 bits per heavy atom. The SMILES string of the molecule is Cc1nc(Cl)c(C=O)c(N2CC(O)C2)n1. The van der Waals surface area contributed by atoms with Crippen molar-refractivity contribution < 1.29 is 9.90 Å². The molecular formula is C9H10ClN3O2. The van der Waals surface area contributed by atoms with Gasteiger partial charge in [0.05, 0.1) is 11.7 Å². The van der Waals surface area contributed by atoms with Crippen LogP contribution in [0.2, 0.25) is 5.15 Å². The minimum atomic E-state index is -0.349. The Morgan fingerprint density at radius 3 is 2.73 bits per heavy atom. The van der Waals surface area contributed by atoms with Crippen molar-refractivity contribution in [3.63, 3.8) is 0 Å². The van der Waals surface area contributed by atoms with E-state index in [0.29, 0.717) is 31.0 Å². The summed E-state index contributed by atoms with van der Waals surface area (Å²) < 4.78 is 0. The van der Waals surface area contributed by atoms with Gasteiger partial charge in [-0.15, -0.1) is 0 Å². The maximum absolute atomic E-state index is 10.8. The number of halogens is 1. The zero-order chi connectivity index (χ0) is 11.0. The van der Waals surface area contributed by atoms with Gasteiger partial charge in [0.25, 0.3) is 0 Å². The van der Waals surface area contributed by atoms with Gasteiger partial charge in [-0.2, -0.15) is 0 Å². The number of carbonyl (C=O) groups is 1. The van der Waals surface area contributed by atoms with E-state index in [1.807, 2.05) is 0 Å². The molecule has 2 heterocycles. The Hall–Kier alpha value is -1.20. The maximum atomic E-state index is 10.8. The van der Waals surface area contributed by atoms with Gasteiger partial charge in [0.15, 0.2) is 6.29 Å². The number of anilines is 1. The lowest BCUT2D eigenvalue weighted by Gasteiger charge is -2.37. The lowest BCUT2D eigenvalue weighted by Crippen LogP contribution is -2.51. The molecule has 0 saturated carbocycles. The molecule has 1 aromatic heterocycles. The number of aromatic nitrogens is 2. The van der Waals surface area contributed by atoms with E-state index in [1.54, 1.807) is 11.8 Å². The number of aryl methyl sites for hydroxylation is 1. The van der Waals surface area contributed by atoms with Gasteiger partial charge in [-0.3, -0.25) is 4.79 Å². The van der Waals surface area contributed by atoms with Gasteiger partial charge < -0.3 is 10.0 Å². The van der Waals surface area contributed by atoms with Crippen molar-refractivity contribution in [2.24, 2.45) is 0 Å². The fourth-order valence-electron chi connectivity index (χ4n) is 1.50. The molecule has 6 heteroatoms. The lowest BCUT2D eigenvalue weighted by molar-refractivity contribution is 0.111. The van der Waals surface area contributed by atoms with E-state index in [9.17, 15) is 9.90 Å². The minimum Gasteiger partial charge on any atom is -0.389 e. The molecule has 1 aliphatic rings. The van der Waals surface area contributed by atoms with Gasteiger partial charge >= 0.3 is 0 Å². The number of aliphatic hydroxyl groups excluding tert-OH is 1. The Labute approximate surface area is 91.7 Å². The monoisotopic (exact) mass is 227 g/mol. The summed E-state index contributed by atoms with van der Waals surface area (Å²) in [4.78, 5) is 20.7. The fraction of sp³-hybridized carbons (Fsp3) is 0.444. The topological polar surface area (TPSA) is 66.3 Å². The molecule has 0 aliphatic carbocycles. The van der Waals surface area contributed by atoms with Crippen LogP contribution in [0.4, 0.5) is 5.82 Å². The van der Waals surface area contributed by atoms with Crippen molar-refractivity contribution in [3.8, 4) is 0 Å². The van der Waals surface area contributed by atoms with E-state index in [2.05, 4.69) is 9.97 Å². The second-order valence-electron chi connectivity index (χ2n) is 3.48. The zero-order valence-electron chi connectivity index (χ0n) is 8.14. The fourth-order valence-corrected chi connectivity index (χ4v) is 1.76. The first-order valence-corrected chi connectivity index (χ1v) is 4.92. The quantitative estimate of drug-likeness (QED) is 0.586. The molecule has 0 aromatic carbocycles. The molecule has 0 radical (unpaired) electrons. The van der Waals surface area contributed by atoms with Crippen LogP contribution in [0.1, 0.15) is 16.2 Å². The molecule has 2 rings (SSSR count). The molecule has 1 aliphatic heterocycles. The Bertz CT molecular complexity index is 405. The van der Waals surface area contributed by atoms with Crippen LogP contribution in [0.25, 0.3) is 0 Å². The Balaban J connectivity index is 2.40. The predicted octanol–water partition coefficient (Wildman–Crippen LogP) is 0.432. The molecule has 0 bridgehead atoms. The normalized spacial score (nSPS) is 16.3. The van der Waals surface area contributed by atoms with E-state index in [0.717, 1.165) is 0 Å². The highest BCUT2D eigenvalue weighted by Gasteiger charge is 2.28. The highest BCUT2D eigenvalue weighted by molar-refractivity contribution is 6.32. The zero-order valence-corrected chi connectivity index (χ0v) is 8.90. The van der Waals surface area contributed by atoms with E-state index in [4.69, 9.17) is 11.6 Å². The first kappa shape index (κ1) is 10.3. The summed E-state index contributed by atoms with van der Waals surface area (Å²) in [5, 5.41) is 9.34. The highest BCUT2D eigenvalue weighted by Crippen LogP contribution is 2.26. The van der Waals surface area contributed by atoms with E-state index >= 15 is 0 Å². The molecule has 15 heavy (non-hydrogen) atoms. The van der Waals surface area contributed by atoms with Crippen LogP contribution >= 0.6 is 11.6 Å². The van der Waals surface area contributed by atoms with Crippen molar-refractivity contribution >= 4 is 23.7 Å². The van der Waals surface area contributed by atoms with Gasteiger partial charge in [0.2, 0.25) is 0 Å². The number of aliphatic hydroxyl groups is 1. The summed E-state index contributed by atoms with van der Waals surface area (Å²) in [6, 6.07) is 0. The Morgan fingerprint density at radius 1 is 1.53 bits per heavy atom. The third-order valence-corrected chi connectivity index (χ3v) is 2.56. The van der Waals surface area contributed by atoms with Gasteiger partial charge in [-0.25, -0.2) is 9.97 Å². The highest BCUT2D eigenvalue weighted by atomic mass is 35.5. The van der Waals surface area contributed by atoms with Crippen molar-refractivity contribution in [2.75, 3.05) is 18.0 Å². The molecule has 0 amide bonds. The van der Waals surface area contributed by atoms with E-state index in [1.165, 1.54) is 0 Å². The molecular weight excluding hydrogens is 218 g/mol. The summed E-state index contributed by atoms with van der Waals surface area (Å²) in [6.45, 7) is 2.67. The number of β-amino-alcohol motifs (C(OH)–C–C–N with tert-alkyl or cyclic N) is 1. The van der Waals surface area contributed by atoms with Crippen LogP contribution in [0.5, 0.6) is 0 Å². The number of rotatable bonds is 2. The second-order valence-corrected chi connectivity index (χ2v) is 3.83. The van der Waals surface area contributed by atoms with E-state index in [-0.39, 0.29) is 16.8 Å². The third-order valence-electron chi connectivity index (χ3n) is 2.27. The molecule has 1 saturated heterocycles. The summed E-state index contributed by atoms with van der Waals surface area (Å²) in [5.41, 5.74) is 0.286. The van der Waals surface area contributed by atoms with Crippen molar-refractivity contribution in [1.29, 1.82) is 0 Å². The largest absolute Gasteiger partial charge is 0.389 e. The van der Waals surface area contributed by atoms with Gasteiger partial charge in [0.1, 0.15) is 16.8 Å². The molecule has 1 fully saturated rings. The van der Waals surface area contributed by atoms with Crippen LogP contribution in [0.3, 0.4) is 0 Å². The molecule has 1 aromatic rings. The smallest absolute Gasteiger partial charge is 0.156 e. The average molecular weight is 228 g/mol. The molecule has 0 atom stereocenters. The number of hydrogen-bond acceptors (Lipinski definition) is 5. The summed E-state index contributed by atoms with van der Waals surface area (Å²) >= 11 is 5.82. The van der Waals surface area contributed by atoms with Crippen LogP contribution in [-0.4, -0.2) is 40.6 Å². The predicted molar refractivity (Wildman–Crippen MR) is 55.4 cm³/mol. The summed E-state index contributed by atoms with van der Waals surface area (Å²) in [7, 11) is 0. The molecule has 5 nitrogen and oxygen atoms in total. The first-order valence-electron chi connectivity index (χ1n) is 4.54. The summed E-state index contributed by atoms with van der Waals surface area (Å²) in [6.07, 6.45) is 0.292. The van der Waals surface area contributed by atoms with Crippen LogP contribution < -0.4 is 4.90 Å². The van der Waals surface area contributed by atoms with Crippen molar-refractivity contribution in [3.05, 3.63) is 16.5 Å². The van der Waals surface area contributed by atoms with Crippen LogP contribution in [0.15, 0.2) is 0 Å². The third kappa shape index (κ3) is 1.80. The number of aldehydes is 1. The second kappa shape index (κ2) is 3.75. The van der Waals surface area contributed by atoms with Crippen LogP contribution in [-0.2, 0) is 0 Å². The van der Waals surface area contributed by atoms with Gasteiger partial charge in [-0.1, -0.05) is 11.6 Å². The lowest BCUT2D eigenvalue weighted by atomic mass is 10.1. The number of nitrogens with zero attached hydrogens (tertiary/aromatic N) is 3. The molecule has 1 N–H and O–H groups in total. The molecule has 0 spiro atoms. The number of carbonyl (C=O) groups excluding carboxylic acids is 1. The van der Waals surface area contributed by atoms with E-state index < -0.39 is 0 Å². The first-order chi connectivity index (χ1) is 7.11. The molecule has 80 valence electrons. The average Bonchev–Trinajstić information content (AvgIpc) is 2.12. The minimum absolute atomic E-state index is 0.161. The number of hydrogen-bond donors (Lipinski definition) is 1. The molecule has 0 unspecified atom stereocenters. The van der Waals surface area contributed by atoms with Crippen LogP contribution in [0, 0.1) is 6.92 Å².